The van der Waals surface area contributed by atoms with Crippen molar-refractivity contribution < 1.29 is 0 Å². The number of hydrogen-bond donors (Lipinski definition) is 0. The second-order valence-electron chi connectivity index (χ2n) is 4.95. The third-order valence-corrected chi connectivity index (χ3v) is 3.79. The van der Waals surface area contributed by atoms with Gasteiger partial charge in [0.05, 0.1) is 11.2 Å². The van der Waals surface area contributed by atoms with Gasteiger partial charge in [0.15, 0.2) is 5.69 Å². The molecule has 0 amide bonds. The molecule has 0 radical (unpaired) electrons. The summed E-state index contributed by atoms with van der Waals surface area (Å²) in [7, 11) is 0. The van der Waals surface area contributed by atoms with Crippen LogP contribution in [0.25, 0.3) is 10.9 Å². The zero-order valence-corrected chi connectivity index (χ0v) is 11.1. The summed E-state index contributed by atoms with van der Waals surface area (Å²) < 4.78 is 0. The molecular formula is C16H14N4. The van der Waals surface area contributed by atoms with Gasteiger partial charge >= 0.3 is 0 Å². The number of piperidine rings is 1. The van der Waals surface area contributed by atoms with E-state index >= 15 is 0 Å². The first-order valence-corrected chi connectivity index (χ1v) is 6.70. The van der Waals surface area contributed by atoms with Crippen molar-refractivity contribution in [1.82, 2.24) is 10.2 Å². The molecule has 20 heavy (non-hydrogen) atoms. The van der Waals surface area contributed by atoms with Gasteiger partial charge in [0, 0.05) is 24.4 Å². The molecular weight excluding hydrogens is 248 g/mol. The molecule has 0 saturated carbocycles. The van der Waals surface area contributed by atoms with E-state index in [9.17, 15) is 5.26 Å². The Kier molecular flexibility index (Phi) is 3.23. The molecule has 1 aromatic heterocycles. The van der Waals surface area contributed by atoms with E-state index in [1.807, 2.05) is 24.3 Å². The Morgan fingerprint density at radius 1 is 1.20 bits per heavy atom. The van der Waals surface area contributed by atoms with Crippen LogP contribution in [0.2, 0.25) is 0 Å². The predicted octanol–water partition coefficient (Wildman–Crippen LogP) is 2.35. The van der Waals surface area contributed by atoms with Crippen LogP contribution in [0.15, 0.2) is 24.3 Å². The van der Waals surface area contributed by atoms with E-state index in [0.717, 1.165) is 42.5 Å². The number of aromatic nitrogens is 2. The average Bonchev–Trinajstić information content (AvgIpc) is 2.54. The molecule has 1 saturated heterocycles. The lowest BCUT2D eigenvalue weighted by atomic mass is 9.97. The molecule has 0 aliphatic carbocycles. The molecule has 3 rings (SSSR count). The van der Waals surface area contributed by atoms with E-state index in [2.05, 4.69) is 27.1 Å². The fourth-order valence-corrected chi connectivity index (χ4v) is 2.71. The van der Waals surface area contributed by atoms with Gasteiger partial charge in [-0.05, 0) is 18.9 Å². The average molecular weight is 262 g/mol. The number of rotatable bonds is 1. The van der Waals surface area contributed by atoms with E-state index in [0.29, 0.717) is 11.6 Å². The fourth-order valence-electron chi connectivity index (χ4n) is 2.71. The lowest BCUT2D eigenvalue weighted by Gasteiger charge is -2.32. The van der Waals surface area contributed by atoms with E-state index < -0.39 is 0 Å². The van der Waals surface area contributed by atoms with Gasteiger partial charge < -0.3 is 4.90 Å². The quantitative estimate of drug-likeness (QED) is 0.740. The van der Waals surface area contributed by atoms with Crippen molar-refractivity contribution >= 4 is 16.6 Å². The summed E-state index contributed by atoms with van der Waals surface area (Å²) in [4.78, 5) is 2.21. The summed E-state index contributed by atoms with van der Waals surface area (Å²) in [5.74, 6) is 3.17. The standard InChI is InChI=1S/C16H14N4/c1-2-12-7-9-20(10-8-12)16-13-5-3-4-6-14(13)18-19-15(16)11-17/h1,3-6,12H,7-10H2. The summed E-state index contributed by atoms with van der Waals surface area (Å²) in [5.41, 5.74) is 2.11. The summed E-state index contributed by atoms with van der Waals surface area (Å²) >= 11 is 0. The molecule has 1 aromatic carbocycles. The van der Waals surface area contributed by atoms with Gasteiger partial charge in [-0.3, -0.25) is 0 Å². The first kappa shape index (κ1) is 12.4. The van der Waals surface area contributed by atoms with Gasteiger partial charge in [0.2, 0.25) is 0 Å². The highest BCUT2D eigenvalue weighted by molar-refractivity contribution is 5.93. The van der Waals surface area contributed by atoms with Gasteiger partial charge in [0.25, 0.3) is 0 Å². The highest BCUT2D eigenvalue weighted by atomic mass is 15.2. The zero-order chi connectivity index (χ0) is 13.9. The number of fused-ring (bicyclic) bond motifs is 1. The number of terminal acetylenes is 1. The van der Waals surface area contributed by atoms with Crippen LogP contribution in [-0.2, 0) is 0 Å². The van der Waals surface area contributed by atoms with Crippen molar-refractivity contribution in [2.45, 2.75) is 12.8 Å². The first-order chi connectivity index (χ1) is 9.83. The van der Waals surface area contributed by atoms with Gasteiger partial charge in [-0.1, -0.05) is 18.2 Å². The Balaban J connectivity index is 2.06. The van der Waals surface area contributed by atoms with Crippen LogP contribution in [-0.4, -0.2) is 23.3 Å². The molecule has 4 heteroatoms. The Morgan fingerprint density at radius 3 is 2.65 bits per heavy atom. The Morgan fingerprint density at radius 2 is 1.95 bits per heavy atom. The molecule has 2 aromatic rings. The summed E-state index contributed by atoms with van der Waals surface area (Å²) in [6.07, 6.45) is 7.40. The molecule has 2 heterocycles. The van der Waals surface area contributed by atoms with Crippen LogP contribution in [0.1, 0.15) is 18.5 Å². The molecule has 0 N–H and O–H groups in total. The molecule has 1 aliphatic heterocycles. The third-order valence-electron chi connectivity index (χ3n) is 3.79. The van der Waals surface area contributed by atoms with E-state index in [1.54, 1.807) is 0 Å². The summed E-state index contributed by atoms with van der Waals surface area (Å²) in [5, 5.41) is 18.4. The molecule has 98 valence electrons. The second-order valence-corrected chi connectivity index (χ2v) is 4.95. The van der Waals surface area contributed by atoms with Crippen LogP contribution < -0.4 is 4.90 Å². The Labute approximate surface area is 118 Å². The van der Waals surface area contributed by atoms with Crippen LogP contribution >= 0.6 is 0 Å². The minimum atomic E-state index is 0.345. The van der Waals surface area contributed by atoms with E-state index in [4.69, 9.17) is 6.42 Å². The smallest absolute Gasteiger partial charge is 0.187 e. The molecule has 4 nitrogen and oxygen atoms in total. The largest absolute Gasteiger partial charge is 0.368 e. The lowest BCUT2D eigenvalue weighted by molar-refractivity contribution is 0.492. The van der Waals surface area contributed by atoms with Crippen LogP contribution in [0.3, 0.4) is 0 Å². The molecule has 0 bridgehead atoms. The summed E-state index contributed by atoms with van der Waals surface area (Å²) in [6, 6.07) is 9.96. The maximum Gasteiger partial charge on any atom is 0.187 e. The first-order valence-electron chi connectivity index (χ1n) is 6.70. The maximum atomic E-state index is 9.30. The van der Waals surface area contributed by atoms with Crippen molar-refractivity contribution in [3.8, 4) is 18.4 Å². The Bertz CT molecular complexity index is 715. The van der Waals surface area contributed by atoms with Crippen molar-refractivity contribution in [2.75, 3.05) is 18.0 Å². The van der Waals surface area contributed by atoms with Gasteiger partial charge in [-0.25, -0.2) is 0 Å². The number of nitriles is 1. The Hall–Kier alpha value is -2.59. The number of benzene rings is 1. The van der Waals surface area contributed by atoms with Crippen molar-refractivity contribution in [3.63, 3.8) is 0 Å². The van der Waals surface area contributed by atoms with Crippen LogP contribution in [0.4, 0.5) is 5.69 Å². The highest BCUT2D eigenvalue weighted by Crippen LogP contribution is 2.31. The van der Waals surface area contributed by atoms with Gasteiger partial charge in [-0.15, -0.1) is 22.5 Å². The number of hydrogen-bond acceptors (Lipinski definition) is 4. The van der Waals surface area contributed by atoms with Crippen molar-refractivity contribution in [3.05, 3.63) is 30.0 Å². The van der Waals surface area contributed by atoms with Crippen molar-refractivity contribution in [2.24, 2.45) is 5.92 Å². The van der Waals surface area contributed by atoms with Gasteiger partial charge in [0.1, 0.15) is 6.07 Å². The topological polar surface area (TPSA) is 52.8 Å². The molecule has 0 atom stereocenters. The SMILES string of the molecule is C#CC1CCN(c2c(C#N)nnc3ccccc23)CC1. The predicted molar refractivity (Wildman–Crippen MR) is 78.0 cm³/mol. The monoisotopic (exact) mass is 262 g/mol. The van der Waals surface area contributed by atoms with Crippen LogP contribution in [0.5, 0.6) is 0 Å². The fraction of sp³-hybridized carbons (Fsp3) is 0.312. The maximum absolute atomic E-state index is 9.30. The summed E-state index contributed by atoms with van der Waals surface area (Å²) in [6.45, 7) is 1.72. The minimum absolute atomic E-state index is 0.345. The van der Waals surface area contributed by atoms with E-state index in [1.165, 1.54) is 0 Å². The van der Waals surface area contributed by atoms with Gasteiger partial charge in [-0.2, -0.15) is 5.26 Å². The third kappa shape index (κ3) is 2.06. The lowest BCUT2D eigenvalue weighted by Crippen LogP contribution is -2.34. The minimum Gasteiger partial charge on any atom is -0.368 e. The molecule has 1 fully saturated rings. The molecule has 0 unspecified atom stereocenters. The normalized spacial score (nSPS) is 15.8. The highest BCUT2D eigenvalue weighted by Gasteiger charge is 2.22. The molecule has 1 aliphatic rings. The number of nitrogens with zero attached hydrogens (tertiary/aromatic N) is 4. The number of anilines is 1. The molecule has 0 spiro atoms. The van der Waals surface area contributed by atoms with Crippen molar-refractivity contribution in [1.29, 1.82) is 5.26 Å². The van der Waals surface area contributed by atoms with Crippen LogP contribution in [0, 0.1) is 29.6 Å². The van der Waals surface area contributed by atoms with E-state index in [-0.39, 0.29) is 0 Å². The second kappa shape index (κ2) is 5.19. The zero-order valence-electron chi connectivity index (χ0n) is 11.1.